The summed E-state index contributed by atoms with van der Waals surface area (Å²) in [5.41, 5.74) is 28.4. The van der Waals surface area contributed by atoms with Crippen molar-refractivity contribution in [2.24, 2.45) is 0 Å². The van der Waals surface area contributed by atoms with Gasteiger partial charge in [-0.25, -0.2) is 0 Å². The molecule has 0 radical (unpaired) electrons. The van der Waals surface area contributed by atoms with Gasteiger partial charge in [0.25, 0.3) is 0 Å². The standard InChI is InChI=1S/C66H56B2N4O2/c1-37-25-29-47-55(33-37)73-53-23-13-11-21-51(53)71-63-60-62-64(59-61(63)69(67(47)71)49-31-27-43(35-45(49)65(59,7)8)57-39(3)17-15-18-40(57)4)72-52-22-12-14-24-54(52)74-56-34-38(2)26-30-48(56)68(72)70(62)50-32-28-44(36-46(50)66(60,9)10)58-41(5)19-16-20-42(58)6/h11-36H,1-10H3. The maximum atomic E-state index is 7.18. The third-order valence-electron chi connectivity index (χ3n) is 17.6. The second-order valence-electron chi connectivity index (χ2n) is 22.8. The molecule has 0 amide bonds. The fourth-order valence-electron chi connectivity index (χ4n) is 14.3. The van der Waals surface area contributed by atoms with Crippen LogP contribution in [-0.2, 0) is 10.8 Å². The molecule has 0 aromatic heterocycles. The summed E-state index contributed by atoms with van der Waals surface area (Å²) in [6.45, 7) is 22.7. The van der Waals surface area contributed by atoms with E-state index >= 15 is 0 Å². The molecule has 9 aromatic rings. The van der Waals surface area contributed by atoms with Gasteiger partial charge in [-0.05, 0) is 169 Å². The van der Waals surface area contributed by atoms with E-state index in [2.05, 4.69) is 246 Å². The number of fused-ring (bicyclic) bond motifs is 20. The molecule has 74 heavy (non-hydrogen) atoms. The average molecular weight is 959 g/mol. The van der Waals surface area contributed by atoms with E-state index in [9.17, 15) is 0 Å². The Morgan fingerprint density at radius 3 is 1.11 bits per heavy atom. The lowest BCUT2D eigenvalue weighted by Gasteiger charge is -2.46. The maximum Gasteiger partial charge on any atom is 0.424 e. The normalized spacial score (nSPS) is 16.0. The molecular formula is C66H56B2N4O2. The number of hydrogen-bond donors (Lipinski definition) is 0. The van der Waals surface area contributed by atoms with Crippen molar-refractivity contribution in [2.75, 3.05) is 19.2 Å². The van der Waals surface area contributed by atoms with Crippen molar-refractivity contribution >= 4 is 70.4 Å². The molecule has 0 saturated carbocycles. The third kappa shape index (κ3) is 5.53. The van der Waals surface area contributed by atoms with Gasteiger partial charge in [0.1, 0.15) is 23.0 Å². The average Bonchev–Trinajstić information content (AvgIpc) is 3.79. The number of anilines is 8. The van der Waals surface area contributed by atoms with Crippen LogP contribution in [0.2, 0.25) is 0 Å². The highest BCUT2D eigenvalue weighted by Gasteiger charge is 2.62. The second kappa shape index (κ2) is 14.8. The first kappa shape index (κ1) is 43.5. The lowest BCUT2D eigenvalue weighted by atomic mass is 9.61. The molecule has 9 aromatic carbocycles. The molecule has 6 heterocycles. The van der Waals surface area contributed by atoms with Crippen LogP contribution in [-0.4, -0.2) is 14.0 Å². The van der Waals surface area contributed by atoms with Crippen molar-refractivity contribution in [3.63, 3.8) is 0 Å². The number of benzene rings is 9. The van der Waals surface area contributed by atoms with Gasteiger partial charge in [0, 0.05) is 44.3 Å². The highest BCUT2D eigenvalue weighted by atomic mass is 16.5. The van der Waals surface area contributed by atoms with Crippen molar-refractivity contribution in [2.45, 2.75) is 80.1 Å². The molecule has 6 nitrogen and oxygen atoms in total. The Labute approximate surface area is 435 Å². The molecule has 358 valence electrons. The van der Waals surface area contributed by atoms with Gasteiger partial charge in [0.2, 0.25) is 0 Å². The minimum atomic E-state index is -0.515. The Morgan fingerprint density at radius 1 is 0.351 bits per heavy atom. The summed E-state index contributed by atoms with van der Waals surface area (Å²) in [6.07, 6.45) is 0. The topological polar surface area (TPSA) is 31.4 Å². The second-order valence-corrected chi connectivity index (χ2v) is 22.8. The Morgan fingerprint density at radius 2 is 0.716 bits per heavy atom. The SMILES string of the molecule is Cc1ccc2c(c1)Oc1ccccc1N1B2N2c3ccc(-c4c(C)cccc4C)cc3C(C)(C)c3c4c5c(c1c32)C(C)(C)c1cc(-c2c(C)cccc2C)ccc1N5B1c2ccc(C)cc2Oc2ccccc2N14. The molecule has 15 rings (SSSR count). The molecular weight excluding hydrogens is 902 g/mol. The molecule has 0 N–H and O–H groups in total. The summed E-state index contributed by atoms with van der Waals surface area (Å²) in [7, 11) is 0. The van der Waals surface area contributed by atoms with Gasteiger partial charge >= 0.3 is 14.0 Å². The van der Waals surface area contributed by atoms with E-state index in [1.54, 1.807) is 0 Å². The molecule has 0 bridgehead atoms. The Balaban J connectivity index is 1.14. The summed E-state index contributed by atoms with van der Waals surface area (Å²) >= 11 is 0. The van der Waals surface area contributed by atoms with Crippen LogP contribution in [0.15, 0.2) is 158 Å². The quantitative estimate of drug-likeness (QED) is 0.161. The van der Waals surface area contributed by atoms with E-state index < -0.39 is 10.8 Å². The molecule has 0 unspecified atom stereocenters. The van der Waals surface area contributed by atoms with E-state index in [0.29, 0.717) is 0 Å². The third-order valence-corrected chi connectivity index (χ3v) is 17.6. The van der Waals surface area contributed by atoms with Crippen molar-refractivity contribution in [3.8, 4) is 45.3 Å². The van der Waals surface area contributed by atoms with Crippen LogP contribution in [0.4, 0.5) is 45.5 Å². The van der Waals surface area contributed by atoms with E-state index in [-0.39, 0.29) is 14.0 Å². The van der Waals surface area contributed by atoms with Crippen molar-refractivity contribution in [3.05, 3.63) is 213 Å². The zero-order valence-electron chi connectivity index (χ0n) is 43.8. The monoisotopic (exact) mass is 958 g/mol. The number of nitrogens with zero attached hydrogens (tertiary/aromatic N) is 4. The Hall–Kier alpha value is -8.09. The Bertz CT molecular complexity index is 3710. The van der Waals surface area contributed by atoms with Gasteiger partial charge in [-0.2, -0.15) is 0 Å². The van der Waals surface area contributed by atoms with Crippen LogP contribution in [0.1, 0.15) is 83.3 Å². The predicted molar refractivity (Wildman–Crippen MR) is 308 cm³/mol. The smallest absolute Gasteiger partial charge is 0.424 e. The summed E-state index contributed by atoms with van der Waals surface area (Å²) in [5, 5.41) is 0. The van der Waals surface area contributed by atoms with Gasteiger partial charge in [0.05, 0.1) is 34.1 Å². The van der Waals surface area contributed by atoms with Crippen molar-refractivity contribution in [1.82, 2.24) is 0 Å². The molecule has 8 heteroatoms. The fourth-order valence-corrected chi connectivity index (χ4v) is 14.3. The summed E-state index contributed by atoms with van der Waals surface area (Å²) in [6, 6.07) is 59.1. The summed E-state index contributed by atoms with van der Waals surface area (Å²) in [5.74, 6) is 3.46. The fraction of sp³-hybridized carbons (Fsp3) is 0.182. The van der Waals surface area contributed by atoms with E-state index in [4.69, 9.17) is 9.47 Å². The summed E-state index contributed by atoms with van der Waals surface area (Å²) < 4.78 is 14.4. The van der Waals surface area contributed by atoms with Crippen LogP contribution in [0, 0.1) is 41.5 Å². The Kier molecular flexibility index (Phi) is 8.69. The first-order valence-electron chi connectivity index (χ1n) is 26.3. The van der Waals surface area contributed by atoms with Gasteiger partial charge in [-0.15, -0.1) is 0 Å². The zero-order chi connectivity index (χ0) is 50.4. The largest absolute Gasteiger partial charge is 0.456 e. The highest BCUT2D eigenvalue weighted by molar-refractivity contribution is 6.87. The molecule has 0 atom stereocenters. The number of rotatable bonds is 2. The number of aryl methyl sites for hydroxylation is 6. The molecule has 6 aliphatic heterocycles. The van der Waals surface area contributed by atoms with Crippen molar-refractivity contribution in [1.29, 1.82) is 0 Å². The van der Waals surface area contributed by atoms with Crippen LogP contribution >= 0.6 is 0 Å². The molecule has 0 saturated heterocycles. The van der Waals surface area contributed by atoms with E-state index in [1.165, 1.54) is 101 Å². The molecule has 0 spiro atoms. The number of para-hydroxylation sites is 4. The first-order chi connectivity index (χ1) is 35.7. The maximum absolute atomic E-state index is 7.18. The van der Waals surface area contributed by atoms with Gasteiger partial charge < -0.3 is 28.7 Å². The van der Waals surface area contributed by atoms with Crippen LogP contribution in [0.3, 0.4) is 0 Å². The highest BCUT2D eigenvalue weighted by Crippen LogP contribution is 2.72. The van der Waals surface area contributed by atoms with Gasteiger partial charge in [-0.3, -0.25) is 0 Å². The minimum Gasteiger partial charge on any atom is -0.456 e. The lowest BCUT2D eigenvalue weighted by Crippen LogP contribution is -2.55. The van der Waals surface area contributed by atoms with E-state index in [0.717, 1.165) is 56.4 Å². The minimum absolute atomic E-state index is 0.284. The molecule has 0 aliphatic carbocycles. The predicted octanol–water partition coefficient (Wildman–Crippen LogP) is 15.7. The van der Waals surface area contributed by atoms with E-state index in [1.807, 2.05) is 0 Å². The number of hydrogen-bond acceptors (Lipinski definition) is 6. The van der Waals surface area contributed by atoms with Crippen molar-refractivity contribution < 1.29 is 9.47 Å². The molecule has 0 fully saturated rings. The van der Waals surface area contributed by atoms with Gasteiger partial charge in [-0.1, -0.05) is 125 Å². The molecule has 6 aliphatic rings. The number of ether oxygens (including phenoxy) is 2. The summed E-state index contributed by atoms with van der Waals surface area (Å²) in [4.78, 5) is 10.8. The van der Waals surface area contributed by atoms with Crippen LogP contribution in [0.5, 0.6) is 23.0 Å². The van der Waals surface area contributed by atoms with Gasteiger partial charge in [0.15, 0.2) is 0 Å². The zero-order valence-corrected chi connectivity index (χ0v) is 43.8. The first-order valence-corrected chi connectivity index (χ1v) is 26.3. The lowest BCUT2D eigenvalue weighted by molar-refractivity contribution is 0.488. The van der Waals surface area contributed by atoms with Crippen LogP contribution in [0.25, 0.3) is 22.3 Å². The van der Waals surface area contributed by atoms with Crippen LogP contribution < -0.4 is 39.6 Å².